The van der Waals surface area contributed by atoms with Crippen LogP contribution < -0.4 is 9.78 Å². The van der Waals surface area contributed by atoms with Gasteiger partial charge in [0.25, 0.3) is 0 Å². The van der Waals surface area contributed by atoms with Gasteiger partial charge in [-0.25, -0.2) is 0 Å². The molecule has 0 bridgehead atoms. The second-order valence-electron chi connectivity index (χ2n) is 5.43. The molecule has 1 N–H and O–H groups in total. The summed E-state index contributed by atoms with van der Waals surface area (Å²) in [6, 6.07) is 18.2. The third-order valence-electron chi connectivity index (χ3n) is 4.22. The number of fused-ring (bicyclic) bond motifs is 2. The van der Waals surface area contributed by atoms with Gasteiger partial charge in [-0.2, -0.15) is 0 Å². The molecule has 0 fully saturated rings. The molecular weight excluding hydrogens is 341 g/mol. The first-order valence-electron chi connectivity index (χ1n) is 7.20. The number of carbonyl (C=O) groups excluding carboxylic acids is 1. The Bertz CT molecular complexity index is 785. The van der Waals surface area contributed by atoms with Crippen molar-refractivity contribution in [1.82, 2.24) is 0 Å². The molecule has 4 rings (SSSR count). The van der Waals surface area contributed by atoms with Gasteiger partial charge in [-0.1, -0.05) is 0 Å². The Hall–Kier alpha value is -1.87. The van der Waals surface area contributed by atoms with Gasteiger partial charge in [-0.05, 0) is 0 Å². The van der Waals surface area contributed by atoms with Gasteiger partial charge >= 0.3 is 135 Å². The number of rotatable bonds is 2. The quantitative estimate of drug-likeness (QED) is 0.838. The van der Waals surface area contributed by atoms with Gasteiger partial charge in [0.05, 0.1) is 0 Å². The van der Waals surface area contributed by atoms with Crippen molar-refractivity contribution in [3.05, 3.63) is 70.2 Å². The van der Waals surface area contributed by atoms with Gasteiger partial charge in [-0.3, -0.25) is 0 Å². The zero-order valence-corrected chi connectivity index (χ0v) is 13.8. The van der Waals surface area contributed by atoms with Gasteiger partial charge in [0.15, 0.2) is 0 Å². The van der Waals surface area contributed by atoms with Gasteiger partial charge < -0.3 is 0 Å². The maximum atomic E-state index is 12.6. The molecule has 3 nitrogen and oxygen atoms in total. The number of anilines is 1. The first-order chi connectivity index (χ1) is 10.7. The number of hydrogen-bond donors (Lipinski definition) is 1. The standard InChI is InChI=1S/C18H15NO2Se/c1-12-16(22-13-7-3-2-4-8-13)11-21-18(12)14-9-5-6-10-15(14)19-17(18)20/h2-10H,11H2,1H3,(H,19,20). The molecule has 1 atom stereocenters. The van der Waals surface area contributed by atoms with Crippen molar-refractivity contribution >= 4 is 31.0 Å². The summed E-state index contributed by atoms with van der Waals surface area (Å²) in [5.74, 6) is -0.0648. The van der Waals surface area contributed by atoms with Crippen LogP contribution >= 0.6 is 0 Å². The van der Waals surface area contributed by atoms with Gasteiger partial charge in [0.1, 0.15) is 0 Å². The van der Waals surface area contributed by atoms with E-state index in [1.807, 2.05) is 37.3 Å². The van der Waals surface area contributed by atoms with Crippen LogP contribution in [-0.4, -0.2) is 27.5 Å². The number of para-hydroxylation sites is 1. The van der Waals surface area contributed by atoms with Crippen LogP contribution in [0.5, 0.6) is 0 Å². The number of nitrogens with one attached hydrogen (secondary N) is 1. The first kappa shape index (κ1) is 13.8. The fourth-order valence-corrected chi connectivity index (χ4v) is 5.15. The van der Waals surface area contributed by atoms with Crippen LogP contribution in [0.25, 0.3) is 0 Å². The van der Waals surface area contributed by atoms with Crippen molar-refractivity contribution in [1.29, 1.82) is 0 Å². The molecular formula is C18H15NO2Se. The van der Waals surface area contributed by atoms with Crippen LogP contribution in [0.3, 0.4) is 0 Å². The molecule has 2 heterocycles. The van der Waals surface area contributed by atoms with Crippen LogP contribution in [0.4, 0.5) is 5.69 Å². The van der Waals surface area contributed by atoms with E-state index in [2.05, 4.69) is 29.6 Å². The molecule has 0 saturated carbocycles. The molecule has 0 aliphatic carbocycles. The second-order valence-corrected chi connectivity index (χ2v) is 7.88. The van der Waals surface area contributed by atoms with E-state index >= 15 is 0 Å². The Labute approximate surface area is 135 Å². The van der Waals surface area contributed by atoms with Crippen LogP contribution in [-0.2, 0) is 15.1 Å². The van der Waals surface area contributed by atoms with Crippen LogP contribution in [0, 0.1) is 0 Å². The Morgan fingerprint density at radius 2 is 1.82 bits per heavy atom. The minimum absolute atomic E-state index is 0.0648. The van der Waals surface area contributed by atoms with E-state index in [0.29, 0.717) is 6.61 Å². The minimum atomic E-state index is -0.914. The Kier molecular flexibility index (Phi) is 3.19. The normalized spacial score (nSPS) is 23.0. The zero-order chi connectivity index (χ0) is 15.2. The summed E-state index contributed by atoms with van der Waals surface area (Å²) in [6.45, 7) is 2.57. The Balaban J connectivity index is 1.77. The summed E-state index contributed by atoms with van der Waals surface area (Å²) in [7, 11) is 0. The maximum absolute atomic E-state index is 12.6. The zero-order valence-electron chi connectivity index (χ0n) is 12.1. The van der Waals surface area contributed by atoms with Crippen LogP contribution in [0.15, 0.2) is 64.6 Å². The first-order valence-corrected chi connectivity index (χ1v) is 8.91. The molecule has 0 radical (unpaired) electrons. The number of carbonyl (C=O) groups is 1. The van der Waals surface area contributed by atoms with Crippen molar-refractivity contribution in [2.75, 3.05) is 11.9 Å². The monoisotopic (exact) mass is 357 g/mol. The van der Waals surface area contributed by atoms with Crippen molar-refractivity contribution in [3.63, 3.8) is 0 Å². The van der Waals surface area contributed by atoms with E-state index in [1.165, 1.54) is 8.93 Å². The molecule has 2 aliphatic heterocycles. The molecule has 1 unspecified atom stereocenters. The predicted molar refractivity (Wildman–Crippen MR) is 87.2 cm³/mol. The molecule has 22 heavy (non-hydrogen) atoms. The Morgan fingerprint density at radius 1 is 1.09 bits per heavy atom. The van der Waals surface area contributed by atoms with Crippen LogP contribution in [0.1, 0.15) is 12.5 Å². The van der Waals surface area contributed by atoms with Crippen LogP contribution in [0.2, 0.25) is 0 Å². The van der Waals surface area contributed by atoms with E-state index in [4.69, 9.17) is 4.74 Å². The molecule has 0 aromatic heterocycles. The molecule has 110 valence electrons. The summed E-state index contributed by atoms with van der Waals surface area (Å²) in [6.07, 6.45) is 0. The average molecular weight is 356 g/mol. The predicted octanol–water partition coefficient (Wildman–Crippen LogP) is 2.17. The fraction of sp³-hybridized carbons (Fsp3) is 0.167. The van der Waals surface area contributed by atoms with E-state index in [-0.39, 0.29) is 20.9 Å². The number of ether oxygens (including phenoxy) is 1. The van der Waals surface area contributed by atoms with Gasteiger partial charge in [0.2, 0.25) is 0 Å². The molecule has 1 amide bonds. The van der Waals surface area contributed by atoms with E-state index in [1.54, 1.807) is 0 Å². The van der Waals surface area contributed by atoms with E-state index < -0.39 is 5.60 Å². The van der Waals surface area contributed by atoms with Gasteiger partial charge in [0, 0.05) is 0 Å². The van der Waals surface area contributed by atoms with Gasteiger partial charge in [-0.15, -0.1) is 0 Å². The summed E-state index contributed by atoms with van der Waals surface area (Å²) in [4.78, 5) is 12.6. The summed E-state index contributed by atoms with van der Waals surface area (Å²) < 4.78 is 8.62. The molecule has 0 saturated heterocycles. The summed E-state index contributed by atoms with van der Waals surface area (Å²) in [5.41, 5.74) is 1.94. The summed E-state index contributed by atoms with van der Waals surface area (Å²) >= 11 is 0.187. The number of amides is 1. The second kappa shape index (κ2) is 5.09. The molecule has 2 aliphatic rings. The number of benzene rings is 2. The molecule has 2 aromatic rings. The SMILES string of the molecule is CC1=C([Se]c2ccccc2)COC12C(=O)Nc1ccccc12. The third kappa shape index (κ3) is 1.88. The van der Waals surface area contributed by atoms with E-state index in [0.717, 1.165) is 16.8 Å². The molecule has 4 heteroatoms. The van der Waals surface area contributed by atoms with Crippen molar-refractivity contribution in [2.24, 2.45) is 0 Å². The third-order valence-corrected chi connectivity index (χ3v) is 6.70. The van der Waals surface area contributed by atoms with Crippen molar-refractivity contribution < 1.29 is 9.53 Å². The summed E-state index contributed by atoms with van der Waals surface area (Å²) in [5, 5.41) is 2.95. The van der Waals surface area contributed by atoms with Crippen molar-refractivity contribution in [2.45, 2.75) is 12.5 Å². The fourth-order valence-electron chi connectivity index (χ4n) is 3.07. The number of hydrogen-bond acceptors (Lipinski definition) is 2. The molecule has 2 aromatic carbocycles. The Morgan fingerprint density at radius 3 is 2.64 bits per heavy atom. The van der Waals surface area contributed by atoms with Crippen molar-refractivity contribution in [3.8, 4) is 0 Å². The topological polar surface area (TPSA) is 38.3 Å². The average Bonchev–Trinajstić information content (AvgIpc) is 3.02. The molecule has 1 spiro atoms. The van der Waals surface area contributed by atoms with E-state index in [9.17, 15) is 4.79 Å².